The van der Waals surface area contributed by atoms with E-state index in [-0.39, 0.29) is 23.5 Å². The van der Waals surface area contributed by atoms with Crippen molar-refractivity contribution in [1.29, 1.82) is 0 Å². The van der Waals surface area contributed by atoms with Crippen molar-refractivity contribution in [2.45, 2.75) is 105 Å². The van der Waals surface area contributed by atoms with Crippen LogP contribution in [0, 0.1) is 12.8 Å². The molecule has 0 heterocycles. The Hall–Kier alpha value is -4.07. The fourth-order valence-corrected chi connectivity index (χ4v) is 5.36. The number of alkyl carbamates (subject to hydrolysis) is 1. The number of rotatable bonds is 14. The van der Waals surface area contributed by atoms with E-state index in [2.05, 4.69) is 17.6 Å². The predicted octanol–water partition coefficient (Wildman–Crippen LogP) is 8.27. The number of phenols is 1. The molecule has 3 aromatic carbocycles. The highest BCUT2D eigenvalue weighted by molar-refractivity contribution is 6.00. The van der Waals surface area contributed by atoms with Gasteiger partial charge >= 0.3 is 6.09 Å². The van der Waals surface area contributed by atoms with Crippen LogP contribution in [0.2, 0.25) is 0 Å². The zero-order chi connectivity index (χ0) is 33.1. The summed E-state index contributed by atoms with van der Waals surface area (Å²) in [4.78, 5) is 43.2. The van der Waals surface area contributed by atoms with E-state index in [1.54, 1.807) is 50.8 Å². The van der Waals surface area contributed by atoms with Crippen molar-refractivity contribution in [3.8, 4) is 5.75 Å². The van der Waals surface area contributed by atoms with Gasteiger partial charge in [0, 0.05) is 12.2 Å². The molecular formula is C37H51N3O5. The van der Waals surface area contributed by atoms with Crippen molar-refractivity contribution < 1.29 is 24.2 Å². The second kappa shape index (κ2) is 16.3. The standard InChI is InChI=1S/C37H51N3O5/c1-8-9-10-11-12-15-22-40(35(43)32(25(2)3)39-36(44)45-37(5,6)7)33(29-19-21-31(41)26(4)23-29)34(42)38-30-20-18-27-16-13-14-17-28(27)24-30/h13-14,16-21,23-25,32-33,41H,8-12,15,22H2,1-7H3,(H,38,42)(H,39,44). The van der Waals surface area contributed by atoms with Crippen molar-refractivity contribution in [3.05, 3.63) is 71.8 Å². The van der Waals surface area contributed by atoms with Crippen LogP contribution in [0.15, 0.2) is 60.7 Å². The second-order valence-corrected chi connectivity index (χ2v) is 13.2. The van der Waals surface area contributed by atoms with Crippen LogP contribution in [0.4, 0.5) is 10.5 Å². The van der Waals surface area contributed by atoms with E-state index in [9.17, 15) is 19.5 Å². The number of hydrogen-bond acceptors (Lipinski definition) is 5. The van der Waals surface area contributed by atoms with Crippen LogP contribution in [0.5, 0.6) is 5.75 Å². The number of anilines is 1. The van der Waals surface area contributed by atoms with Crippen LogP contribution in [-0.2, 0) is 14.3 Å². The molecule has 0 saturated heterocycles. The van der Waals surface area contributed by atoms with Gasteiger partial charge in [0.25, 0.3) is 5.91 Å². The van der Waals surface area contributed by atoms with Gasteiger partial charge in [0.2, 0.25) is 5.91 Å². The molecule has 0 spiro atoms. The van der Waals surface area contributed by atoms with Crippen molar-refractivity contribution in [2.24, 2.45) is 5.92 Å². The van der Waals surface area contributed by atoms with Crippen molar-refractivity contribution >= 4 is 34.4 Å². The average Bonchev–Trinajstić information content (AvgIpc) is 2.97. The van der Waals surface area contributed by atoms with Gasteiger partial charge < -0.3 is 25.4 Å². The lowest BCUT2D eigenvalue weighted by molar-refractivity contribution is -0.141. The zero-order valence-corrected chi connectivity index (χ0v) is 28.0. The number of nitrogens with zero attached hydrogens (tertiary/aromatic N) is 1. The van der Waals surface area contributed by atoms with E-state index in [0.717, 1.165) is 42.9 Å². The van der Waals surface area contributed by atoms with Gasteiger partial charge in [-0.05, 0) is 86.2 Å². The minimum Gasteiger partial charge on any atom is -0.508 e. The van der Waals surface area contributed by atoms with Crippen LogP contribution in [0.25, 0.3) is 10.8 Å². The molecule has 8 heteroatoms. The van der Waals surface area contributed by atoms with E-state index < -0.39 is 23.8 Å². The third-order valence-corrected chi connectivity index (χ3v) is 7.75. The summed E-state index contributed by atoms with van der Waals surface area (Å²) in [5, 5.41) is 18.2. The fourth-order valence-electron chi connectivity index (χ4n) is 5.36. The maximum absolute atomic E-state index is 14.5. The Morgan fingerprint density at radius 2 is 1.56 bits per heavy atom. The first kappa shape index (κ1) is 35.4. The van der Waals surface area contributed by atoms with Gasteiger partial charge in [-0.25, -0.2) is 4.79 Å². The molecule has 0 fully saturated rings. The molecule has 2 atom stereocenters. The highest BCUT2D eigenvalue weighted by atomic mass is 16.6. The molecule has 0 aliphatic carbocycles. The molecule has 0 bridgehead atoms. The Morgan fingerprint density at radius 1 is 0.889 bits per heavy atom. The number of amides is 3. The molecule has 8 nitrogen and oxygen atoms in total. The Morgan fingerprint density at radius 3 is 2.20 bits per heavy atom. The molecule has 3 amide bonds. The Balaban J connectivity index is 2.03. The maximum Gasteiger partial charge on any atom is 0.408 e. The molecular weight excluding hydrogens is 566 g/mol. The number of carbonyl (C=O) groups excluding carboxylic acids is 3. The minimum atomic E-state index is -1.01. The number of aryl methyl sites for hydroxylation is 1. The van der Waals surface area contributed by atoms with Gasteiger partial charge in [0.05, 0.1) is 0 Å². The summed E-state index contributed by atoms with van der Waals surface area (Å²) in [6.45, 7) is 13.3. The van der Waals surface area contributed by atoms with E-state index >= 15 is 0 Å². The monoisotopic (exact) mass is 617 g/mol. The molecule has 3 N–H and O–H groups in total. The van der Waals surface area contributed by atoms with Crippen LogP contribution in [0.1, 0.15) is 97.2 Å². The first-order chi connectivity index (χ1) is 21.3. The summed E-state index contributed by atoms with van der Waals surface area (Å²) in [5.74, 6) is -0.918. The van der Waals surface area contributed by atoms with Crippen LogP contribution < -0.4 is 10.6 Å². The topological polar surface area (TPSA) is 108 Å². The number of unbranched alkanes of at least 4 members (excludes halogenated alkanes) is 5. The first-order valence-corrected chi connectivity index (χ1v) is 16.2. The van der Waals surface area contributed by atoms with E-state index in [0.29, 0.717) is 29.8 Å². The van der Waals surface area contributed by atoms with Crippen LogP contribution in [0.3, 0.4) is 0 Å². The number of phenolic OH excluding ortho intramolecular Hbond substituents is 1. The lowest BCUT2D eigenvalue weighted by atomic mass is 9.97. The molecule has 0 aliphatic rings. The van der Waals surface area contributed by atoms with E-state index in [1.165, 1.54) is 0 Å². The molecule has 0 saturated carbocycles. The number of hydrogen-bond donors (Lipinski definition) is 3. The number of nitrogens with one attached hydrogen (secondary N) is 2. The number of benzene rings is 3. The van der Waals surface area contributed by atoms with Crippen LogP contribution >= 0.6 is 0 Å². The van der Waals surface area contributed by atoms with Gasteiger partial charge in [-0.1, -0.05) is 89.3 Å². The summed E-state index contributed by atoms with van der Waals surface area (Å²) >= 11 is 0. The molecule has 0 aliphatic heterocycles. The predicted molar refractivity (Wildman–Crippen MR) is 181 cm³/mol. The summed E-state index contributed by atoms with van der Waals surface area (Å²) < 4.78 is 5.49. The van der Waals surface area contributed by atoms with Gasteiger partial charge in [-0.15, -0.1) is 0 Å². The third kappa shape index (κ3) is 10.5. The summed E-state index contributed by atoms with van der Waals surface area (Å²) in [6, 6.07) is 16.6. The smallest absolute Gasteiger partial charge is 0.408 e. The van der Waals surface area contributed by atoms with E-state index in [1.807, 2.05) is 56.3 Å². The highest BCUT2D eigenvalue weighted by Gasteiger charge is 2.37. The Bertz CT molecular complexity index is 1450. The third-order valence-electron chi connectivity index (χ3n) is 7.75. The summed E-state index contributed by atoms with van der Waals surface area (Å²) in [5.41, 5.74) is 1.04. The number of aromatic hydroxyl groups is 1. The normalized spacial score (nSPS) is 12.9. The molecule has 45 heavy (non-hydrogen) atoms. The fraction of sp³-hybridized carbons (Fsp3) is 0.486. The van der Waals surface area contributed by atoms with Crippen molar-refractivity contribution in [2.75, 3.05) is 11.9 Å². The molecule has 0 aromatic heterocycles. The zero-order valence-electron chi connectivity index (χ0n) is 28.0. The summed E-state index contributed by atoms with van der Waals surface area (Å²) in [6.07, 6.45) is 5.35. The number of carbonyl (C=O) groups is 3. The molecule has 3 rings (SSSR count). The Labute approximate surface area is 268 Å². The van der Waals surface area contributed by atoms with Gasteiger partial charge in [-0.2, -0.15) is 0 Å². The summed E-state index contributed by atoms with van der Waals surface area (Å²) in [7, 11) is 0. The number of ether oxygens (including phenoxy) is 1. The highest BCUT2D eigenvalue weighted by Crippen LogP contribution is 2.30. The minimum absolute atomic E-state index is 0.105. The lowest BCUT2D eigenvalue weighted by Gasteiger charge is -2.36. The van der Waals surface area contributed by atoms with Gasteiger partial charge in [0.1, 0.15) is 23.4 Å². The van der Waals surface area contributed by atoms with Crippen molar-refractivity contribution in [3.63, 3.8) is 0 Å². The van der Waals surface area contributed by atoms with Gasteiger partial charge in [-0.3, -0.25) is 9.59 Å². The molecule has 3 aromatic rings. The van der Waals surface area contributed by atoms with Crippen LogP contribution in [-0.4, -0.2) is 46.1 Å². The van der Waals surface area contributed by atoms with E-state index in [4.69, 9.17) is 4.74 Å². The largest absolute Gasteiger partial charge is 0.508 e. The molecule has 244 valence electrons. The molecule has 0 radical (unpaired) electrons. The second-order valence-electron chi connectivity index (χ2n) is 13.2. The Kier molecular flexibility index (Phi) is 12.8. The average molecular weight is 618 g/mol. The lowest BCUT2D eigenvalue weighted by Crippen LogP contribution is -2.54. The SMILES string of the molecule is CCCCCCCCN(C(=O)C(NC(=O)OC(C)(C)C)C(C)C)C(C(=O)Nc1ccc2ccccc2c1)c1ccc(O)c(C)c1. The maximum atomic E-state index is 14.5. The van der Waals surface area contributed by atoms with Gasteiger partial charge in [0.15, 0.2) is 0 Å². The molecule has 2 unspecified atom stereocenters. The first-order valence-electron chi connectivity index (χ1n) is 16.2. The quantitative estimate of drug-likeness (QED) is 0.158. The number of fused-ring (bicyclic) bond motifs is 1. The van der Waals surface area contributed by atoms with Crippen molar-refractivity contribution in [1.82, 2.24) is 10.2 Å².